The van der Waals surface area contributed by atoms with Crippen LogP contribution in [0, 0.1) is 11.3 Å². The van der Waals surface area contributed by atoms with Gasteiger partial charge in [0.25, 0.3) is 5.56 Å². The third-order valence-electron chi connectivity index (χ3n) is 6.29. The van der Waals surface area contributed by atoms with Gasteiger partial charge in [0.2, 0.25) is 0 Å². The smallest absolute Gasteiger partial charge is 0.338 e. The first-order chi connectivity index (χ1) is 19.6. The first-order valence-corrected chi connectivity index (χ1v) is 13.4. The Morgan fingerprint density at radius 3 is 2.48 bits per heavy atom. The van der Waals surface area contributed by atoms with Crippen molar-refractivity contribution in [1.82, 2.24) is 4.57 Å². The normalized spacial score (nSPS) is 14.6. The fourth-order valence-corrected chi connectivity index (χ4v) is 5.59. The van der Waals surface area contributed by atoms with Gasteiger partial charge in [0.1, 0.15) is 6.07 Å². The molecule has 3 aromatic carbocycles. The zero-order valence-electron chi connectivity index (χ0n) is 21.9. The molecule has 0 bridgehead atoms. The number of methoxy groups -OCH3 is 1. The highest BCUT2D eigenvalue weighted by molar-refractivity contribution is 7.07. The van der Waals surface area contributed by atoms with Crippen LogP contribution in [-0.2, 0) is 9.53 Å². The minimum absolute atomic E-state index is 0.178. The number of hydrogen-bond donors (Lipinski definition) is 0. The summed E-state index contributed by atoms with van der Waals surface area (Å²) in [7, 11) is 1.51. The molecular weight excluding hydrogens is 526 g/mol. The molecule has 0 N–H and O–H groups in total. The highest BCUT2D eigenvalue weighted by Crippen LogP contribution is 2.35. The van der Waals surface area contributed by atoms with E-state index in [0.717, 1.165) is 11.1 Å². The maximum Gasteiger partial charge on any atom is 0.338 e. The van der Waals surface area contributed by atoms with Gasteiger partial charge in [-0.15, -0.1) is 0 Å². The van der Waals surface area contributed by atoms with Gasteiger partial charge in [-0.25, -0.2) is 9.79 Å². The zero-order valence-corrected chi connectivity index (χ0v) is 22.7. The van der Waals surface area contributed by atoms with Gasteiger partial charge >= 0.3 is 5.97 Å². The van der Waals surface area contributed by atoms with E-state index in [2.05, 4.69) is 0 Å². The van der Waals surface area contributed by atoms with Crippen molar-refractivity contribution >= 4 is 29.1 Å². The van der Waals surface area contributed by atoms with E-state index in [-0.39, 0.29) is 24.3 Å². The van der Waals surface area contributed by atoms with Crippen molar-refractivity contribution in [2.45, 2.75) is 13.0 Å². The fourth-order valence-electron chi connectivity index (χ4n) is 4.60. The number of nitrogens with zero attached hydrogens (tertiary/aromatic N) is 3. The van der Waals surface area contributed by atoms with Crippen LogP contribution in [0.15, 0.2) is 94.2 Å². The average Bonchev–Trinajstić information content (AvgIpc) is 3.30. The minimum Gasteiger partial charge on any atom is -0.493 e. The second kappa shape index (κ2) is 11.8. The van der Waals surface area contributed by atoms with Crippen molar-refractivity contribution in [3.63, 3.8) is 0 Å². The quantitative estimate of drug-likeness (QED) is 0.308. The maximum absolute atomic E-state index is 14.0. The monoisotopic (exact) mass is 551 g/mol. The Labute approximate surface area is 234 Å². The standard InChI is InChI=1S/C31H25N3O5S/c1-3-38-30(36)25-26(20-11-6-4-7-12-20)33-31-34(27(25)21-13-8-5-9-14-21)29(35)24(40-31)19-22-15-10-16-23(37-2)28(22)39-18-17-32/h4-16,19,27H,3,18H2,1-2H3/b24-19-/t27-/m0/s1. The van der Waals surface area contributed by atoms with E-state index < -0.39 is 12.0 Å². The molecule has 9 heteroatoms. The summed E-state index contributed by atoms with van der Waals surface area (Å²) in [6.45, 7) is 1.74. The van der Waals surface area contributed by atoms with E-state index in [4.69, 9.17) is 24.5 Å². The van der Waals surface area contributed by atoms with E-state index in [0.29, 0.717) is 32.1 Å². The van der Waals surface area contributed by atoms with Gasteiger partial charge in [-0.2, -0.15) is 5.26 Å². The largest absolute Gasteiger partial charge is 0.493 e. The number of fused-ring (bicyclic) bond motifs is 1. The molecule has 200 valence electrons. The van der Waals surface area contributed by atoms with E-state index in [9.17, 15) is 9.59 Å². The van der Waals surface area contributed by atoms with Gasteiger partial charge in [0.05, 0.1) is 35.6 Å². The zero-order chi connectivity index (χ0) is 28.1. The van der Waals surface area contributed by atoms with Gasteiger partial charge in [0, 0.05) is 11.1 Å². The van der Waals surface area contributed by atoms with E-state index in [1.54, 1.807) is 35.8 Å². The molecule has 0 amide bonds. The van der Waals surface area contributed by atoms with Crippen molar-refractivity contribution in [2.24, 2.45) is 4.99 Å². The van der Waals surface area contributed by atoms with Crippen LogP contribution in [-0.4, -0.2) is 30.9 Å². The number of esters is 1. The highest BCUT2D eigenvalue weighted by Gasteiger charge is 2.35. The molecule has 8 nitrogen and oxygen atoms in total. The highest BCUT2D eigenvalue weighted by atomic mass is 32.1. The van der Waals surface area contributed by atoms with Crippen LogP contribution in [0.2, 0.25) is 0 Å². The van der Waals surface area contributed by atoms with Crippen molar-refractivity contribution < 1.29 is 19.0 Å². The molecule has 0 fully saturated rings. The first kappa shape index (κ1) is 26.7. The maximum atomic E-state index is 14.0. The molecule has 0 saturated carbocycles. The lowest BCUT2D eigenvalue weighted by atomic mass is 9.93. The van der Waals surface area contributed by atoms with E-state index >= 15 is 0 Å². The Morgan fingerprint density at radius 1 is 1.07 bits per heavy atom. The fraction of sp³-hybridized carbons (Fsp3) is 0.161. The van der Waals surface area contributed by atoms with Crippen LogP contribution in [0.3, 0.4) is 0 Å². The lowest BCUT2D eigenvalue weighted by Gasteiger charge is -2.25. The number of aromatic nitrogens is 1. The van der Waals surface area contributed by atoms with Crippen LogP contribution in [0.5, 0.6) is 11.5 Å². The summed E-state index contributed by atoms with van der Waals surface area (Å²) in [4.78, 5) is 32.8. The summed E-state index contributed by atoms with van der Waals surface area (Å²) in [6, 6.07) is 25.2. The molecule has 0 aliphatic carbocycles. The molecule has 5 rings (SSSR count). The van der Waals surface area contributed by atoms with Crippen molar-refractivity contribution in [3.05, 3.63) is 121 Å². The molecule has 0 spiro atoms. The molecule has 4 aromatic rings. The molecule has 0 saturated heterocycles. The average molecular weight is 552 g/mol. The Morgan fingerprint density at radius 2 is 1.80 bits per heavy atom. The SMILES string of the molecule is CCOC(=O)C1=C(c2ccccc2)N=c2s/c(=C\c3cccc(OC)c3OCC#N)c(=O)n2[C@H]1c1ccccc1. The summed E-state index contributed by atoms with van der Waals surface area (Å²) in [5.41, 5.74) is 2.49. The van der Waals surface area contributed by atoms with Crippen LogP contribution < -0.4 is 24.4 Å². The molecule has 1 aliphatic heterocycles. The Kier molecular flexibility index (Phi) is 7.89. The lowest BCUT2D eigenvalue weighted by Crippen LogP contribution is -2.40. The van der Waals surface area contributed by atoms with Gasteiger partial charge in [0.15, 0.2) is 22.9 Å². The third-order valence-corrected chi connectivity index (χ3v) is 7.27. The van der Waals surface area contributed by atoms with Gasteiger partial charge < -0.3 is 14.2 Å². The van der Waals surface area contributed by atoms with E-state index in [1.165, 1.54) is 18.4 Å². The van der Waals surface area contributed by atoms with Crippen molar-refractivity contribution in [1.29, 1.82) is 5.26 Å². The second-order valence-electron chi connectivity index (χ2n) is 8.67. The summed E-state index contributed by atoms with van der Waals surface area (Å²) in [5, 5.41) is 9.06. The third kappa shape index (κ3) is 5.05. The number of carbonyl (C=O) groups excluding carboxylic acids is 1. The molecule has 2 heterocycles. The molecule has 40 heavy (non-hydrogen) atoms. The predicted molar refractivity (Wildman–Crippen MR) is 152 cm³/mol. The second-order valence-corrected chi connectivity index (χ2v) is 9.68. The molecule has 1 atom stereocenters. The number of benzene rings is 3. The van der Waals surface area contributed by atoms with Crippen molar-refractivity contribution in [3.8, 4) is 17.6 Å². The van der Waals surface area contributed by atoms with E-state index in [1.807, 2.05) is 66.7 Å². The van der Waals surface area contributed by atoms with Gasteiger partial charge in [-0.05, 0) is 24.6 Å². The Hall–Kier alpha value is -4.94. The molecule has 1 aliphatic rings. The summed E-state index contributed by atoms with van der Waals surface area (Å²) in [5.74, 6) is 0.261. The number of hydrogen-bond acceptors (Lipinski definition) is 8. The number of para-hydroxylation sites is 1. The molecule has 1 aromatic heterocycles. The van der Waals surface area contributed by atoms with Crippen LogP contribution in [0.25, 0.3) is 11.8 Å². The van der Waals surface area contributed by atoms with Crippen LogP contribution >= 0.6 is 11.3 Å². The summed E-state index contributed by atoms with van der Waals surface area (Å²) in [6.07, 6.45) is 1.69. The van der Waals surface area contributed by atoms with Gasteiger partial charge in [-0.1, -0.05) is 84.1 Å². The van der Waals surface area contributed by atoms with Crippen molar-refractivity contribution in [2.75, 3.05) is 20.3 Å². The molecule has 0 unspecified atom stereocenters. The summed E-state index contributed by atoms with van der Waals surface area (Å²) < 4.78 is 18.5. The van der Waals surface area contributed by atoms with Crippen LogP contribution in [0.1, 0.15) is 29.7 Å². The predicted octanol–water partition coefficient (Wildman–Crippen LogP) is 3.85. The molecular formula is C31H25N3O5S. The Bertz CT molecular complexity index is 1800. The number of rotatable bonds is 8. The van der Waals surface area contributed by atoms with Gasteiger partial charge in [-0.3, -0.25) is 9.36 Å². The Balaban J connectivity index is 1.80. The topological polar surface area (TPSA) is 103 Å². The molecule has 0 radical (unpaired) electrons. The summed E-state index contributed by atoms with van der Waals surface area (Å²) >= 11 is 1.21. The number of ether oxygens (including phenoxy) is 3. The number of nitriles is 1. The number of thiazole rings is 1. The lowest BCUT2D eigenvalue weighted by molar-refractivity contribution is -0.138. The number of carbonyl (C=O) groups is 1. The van der Waals surface area contributed by atoms with Crippen LogP contribution in [0.4, 0.5) is 0 Å². The minimum atomic E-state index is -0.756. The first-order valence-electron chi connectivity index (χ1n) is 12.6.